The van der Waals surface area contributed by atoms with E-state index in [0.717, 1.165) is 39.6 Å². The molecule has 202 valence electrons. The van der Waals surface area contributed by atoms with Gasteiger partial charge in [-0.05, 0) is 71.3 Å². The number of benzene rings is 5. The second-order valence-corrected chi connectivity index (χ2v) is 9.80. The van der Waals surface area contributed by atoms with E-state index in [1.165, 1.54) is 0 Å². The first-order chi connectivity index (χ1) is 20.2. The second-order valence-electron chi connectivity index (χ2n) is 9.80. The Hall–Kier alpha value is -5.29. The highest BCUT2D eigenvalue weighted by molar-refractivity contribution is 6.11. The van der Waals surface area contributed by atoms with Crippen molar-refractivity contribution in [2.75, 3.05) is 10.2 Å². The molecule has 0 unspecified atom stereocenters. The third-order valence-electron chi connectivity index (χ3n) is 6.94. The minimum absolute atomic E-state index is 0.0961. The second kappa shape index (κ2) is 12.3. The Kier molecular flexibility index (Phi) is 7.77. The van der Waals surface area contributed by atoms with Crippen LogP contribution in [0.2, 0.25) is 0 Å². The molecule has 6 rings (SSSR count). The highest BCUT2D eigenvalue weighted by Gasteiger charge is 2.34. The van der Waals surface area contributed by atoms with Crippen molar-refractivity contribution in [3.63, 3.8) is 0 Å². The van der Waals surface area contributed by atoms with Crippen LogP contribution in [-0.4, -0.2) is 5.91 Å². The Morgan fingerprint density at radius 2 is 1.07 bits per heavy atom. The van der Waals surface area contributed by atoms with E-state index in [4.69, 9.17) is 9.47 Å². The summed E-state index contributed by atoms with van der Waals surface area (Å²) in [4.78, 5) is 15.6. The molecular weight excluding hydrogens is 508 g/mol. The van der Waals surface area contributed by atoms with E-state index in [9.17, 15) is 4.79 Å². The molecule has 0 aromatic heterocycles. The molecule has 0 spiro atoms. The lowest BCUT2D eigenvalue weighted by molar-refractivity contribution is -0.114. The summed E-state index contributed by atoms with van der Waals surface area (Å²) in [5, 5.41) is 3.33. The summed E-state index contributed by atoms with van der Waals surface area (Å²) >= 11 is 0. The zero-order chi connectivity index (χ0) is 27.9. The largest absolute Gasteiger partial charge is 0.489 e. The van der Waals surface area contributed by atoms with Crippen LogP contribution >= 0.6 is 0 Å². The molecule has 0 fully saturated rings. The van der Waals surface area contributed by atoms with Crippen molar-refractivity contribution in [2.24, 2.45) is 0 Å². The number of carbonyl (C=O) groups is 1. The predicted molar refractivity (Wildman–Crippen MR) is 163 cm³/mol. The highest BCUT2D eigenvalue weighted by atomic mass is 16.5. The third-order valence-corrected chi connectivity index (χ3v) is 6.94. The minimum atomic E-state index is -0.240. The molecule has 5 nitrogen and oxygen atoms in total. The van der Waals surface area contributed by atoms with Crippen molar-refractivity contribution in [1.29, 1.82) is 0 Å². The number of anilines is 2. The van der Waals surface area contributed by atoms with Gasteiger partial charge in [0.1, 0.15) is 30.4 Å². The van der Waals surface area contributed by atoms with Gasteiger partial charge >= 0.3 is 0 Å². The van der Waals surface area contributed by atoms with Crippen LogP contribution in [0.5, 0.6) is 11.5 Å². The summed E-state index contributed by atoms with van der Waals surface area (Å²) < 4.78 is 11.9. The molecule has 5 heteroatoms. The monoisotopic (exact) mass is 538 g/mol. The van der Waals surface area contributed by atoms with Crippen molar-refractivity contribution in [2.45, 2.75) is 19.3 Å². The van der Waals surface area contributed by atoms with Gasteiger partial charge in [-0.2, -0.15) is 0 Å². The molecule has 1 aliphatic heterocycles. The van der Waals surface area contributed by atoms with Crippen LogP contribution in [0.15, 0.2) is 151 Å². The van der Waals surface area contributed by atoms with Crippen LogP contribution < -0.4 is 19.7 Å². The number of carbonyl (C=O) groups excluding carboxylic acids is 1. The standard InChI is InChI=1S/C36H30N2O3/c39-36-34(37-30-16-20-32(21-17-30)40-25-27-10-4-1-5-11-27)24-35(29-14-8-3-9-15-29)38(36)31-18-22-33(23-19-31)41-26-28-12-6-2-7-13-28/h1-24,35,37H,25-26H2/t35-/m0/s1. The van der Waals surface area contributed by atoms with Crippen LogP contribution in [0.4, 0.5) is 11.4 Å². The average molecular weight is 539 g/mol. The van der Waals surface area contributed by atoms with Gasteiger partial charge in [0.25, 0.3) is 5.91 Å². The van der Waals surface area contributed by atoms with Gasteiger partial charge < -0.3 is 14.8 Å². The number of ether oxygens (including phenoxy) is 2. The van der Waals surface area contributed by atoms with E-state index in [0.29, 0.717) is 18.9 Å². The van der Waals surface area contributed by atoms with Gasteiger partial charge in [-0.15, -0.1) is 0 Å². The zero-order valence-corrected chi connectivity index (χ0v) is 22.5. The molecule has 1 aliphatic rings. The molecule has 1 heterocycles. The van der Waals surface area contributed by atoms with Crippen molar-refractivity contribution >= 4 is 17.3 Å². The molecule has 0 radical (unpaired) electrons. The first kappa shape index (κ1) is 26.0. The molecule has 1 N–H and O–H groups in total. The minimum Gasteiger partial charge on any atom is -0.489 e. The van der Waals surface area contributed by atoms with Crippen LogP contribution in [-0.2, 0) is 18.0 Å². The molecule has 0 saturated carbocycles. The van der Waals surface area contributed by atoms with Crippen molar-refractivity contribution in [3.05, 3.63) is 168 Å². The Labute approximate surface area is 240 Å². The number of hydrogen-bond acceptors (Lipinski definition) is 4. The van der Waals surface area contributed by atoms with Gasteiger partial charge in [-0.1, -0.05) is 91.0 Å². The van der Waals surface area contributed by atoms with Crippen LogP contribution in [0.1, 0.15) is 22.7 Å². The van der Waals surface area contributed by atoms with Crippen LogP contribution in [0.25, 0.3) is 0 Å². The van der Waals surface area contributed by atoms with E-state index in [1.54, 1.807) is 0 Å². The number of amides is 1. The fraction of sp³-hybridized carbons (Fsp3) is 0.0833. The highest BCUT2D eigenvalue weighted by Crippen LogP contribution is 2.37. The van der Waals surface area contributed by atoms with E-state index in [1.807, 2.05) is 151 Å². The summed E-state index contributed by atoms with van der Waals surface area (Å²) in [5.41, 5.74) is 5.39. The van der Waals surface area contributed by atoms with Gasteiger partial charge in [-0.25, -0.2) is 0 Å². The van der Waals surface area contributed by atoms with Gasteiger partial charge in [0.05, 0.1) is 6.04 Å². The Bertz CT molecular complexity index is 1600. The van der Waals surface area contributed by atoms with Crippen molar-refractivity contribution < 1.29 is 14.3 Å². The maximum Gasteiger partial charge on any atom is 0.275 e. The average Bonchev–Trinajstić information content (AvgIpc) is 3.36. The van der Waals surface area contributed by atoms with Gasteiger partial charge in [0.15, 0.2) is 0 Å². The Balaban J connectivity index is 1.16. The Morgan fingerprint density at radius 3 is 1.61 bits per heavy atom. The quantitative estimate of drug-likeness (QED) is 0.196. The summed E-state index contributed by atoms with van der Waals surface area (Å²) in [6, 6.07) is 45.3. The smallest absolute Gasteiger partial charge is 0.275 e. The van der Waals surface area contributed by atoms with Gasteiger partial charge in [0, 0.05) is 11.4 Å². The third kappa shape index (κ3) is 6.31. The lowest BCUT2D eigenvalue weighted by Gasteiger charge is -2.25. The molecule has 0 aliphatic carbocycles. The first-order valence-corrected chi connectivity index (χ1v) is 13.6. The van der Waals surface area contributed by atoms with E-state index in [2.05, 4.69) is 5.32 Å². The Morgan fingerprint density at radius 1 is 0.585 bits per heavy atom. The lowest BCUT2D eigenvalue weighted by atomic mass is 10.1. The molecule has 1 atom stereocenters. The summed E-state index contributed by atoms with van der Waals surface area (Å²) in [6.45, 7) is 0.988. The van der Waals surface area contributed by atoms with Gasteiger partial charge in [-0.3, -0.25) is 9.69 Å². The zero-order valence-electron chi connectivity index (χ0n) is 22.5. The molecular formula is C36H30N2O3. The van der Waals surface area contributed by atoms with E-state index in [-0.39, 0.29) is 11.9 Å². The molecule has 5 aromatic carbocycles. The lowest BCUT2D eigenvalue weighted by Crippen LogP contribution is -2.30. The number of nitrogens with one attached hydrogen (secondary N) is 1. The molecule has 0 saturated heterocycles. The maximum atomic E-state index is 13.8. The van der Waals surface area contributed by atoms with E-state index >= 15 is 0 Å². The van der Waals surface area contributed by atoms with Crippen LogP contribution in [0, 0.1) is 0 Å². The normalized spacial score (nSPS) is 14.4. The summed E-state index contributed by atoms with van der Waals surface area (Å²) in [7, 11) is 0. The van der Waals surface area contributed by atoms with Crippen molar-refractivity contribution in [1.82, 2.24) is 0 Å². The summed E-state index contributed by atoms with van der Waals surface area (Å²) in [6.07, 6.45) is 1.98. The number of rotatable bonds is 10. The molecule has 5 aromatic rings. The van der Waals surface area contributed by atoms with Gasteiger partial charge in [0.2, 0.25) is 0 Å². The predicted octanol–water partition coefficient (Wildman–Crippen LogP) is 7.93. The maximum absolute atomic E-state index is 13.8. The molecule has 0 bridgehead atoms. The SMILES string of the molecule is O=C1C(Nc2ccc(OCc3ccccc3)cc2)=C[C@@H](c2ccccc2)N1c1ccc(OCc2ccccc2)cc1. The number of hydrogen-bond donors (Lipinski definition) is 1. The fourth-order valence-corrected chi connectivity index (χ4v) is 4.80. The number of nitrogens with zero attached hydrogens (tertiary/aromatic N) is 1. The fourth-order valence-electron chi connectivity index (χ4n) is 4.80. The summed E-state index contributed by atoms with van der Waals surface area (Å²) in [5.74, 6) is 1.42. The first-order valence-electron chi connectivity index (χ1n) is 13.6. The van der Waals surface area contributed by atoms with Crippen molar-refractivity contribution in [3.8, 4) is 11.5 Å². The van der Waals surface area contributed by atoms with E-state index < -0.39 is 0 Å². The molecule has 41 heavy (non-hydrogen) atoms. The van der Waals surface area contributed by atoms with Crippen LogP contribution in [0.3, 0.4) is 0 Å². The molecule has 1 amide bonds. The topological polar surface area (TPSA) is 50.8 Å².